The lowest BCUT2D eigenvalue weighted by atomic mass is 10.8. The maximum absolute atomic E-state index is 3.65. The summed E-state index contributed by atoms with van der Waals surface area (Å²) in [5.74, 6) is 3.12. The van der Waals surface area contributed by atoms with Crippen LogP contribution in [0.15, 0.2) is 36.8 Å². The van der Waals surface area contributed by atoms with Crippen molar-refractivity contribution >= 4 is 33.3 Å². The van der Waals surface area contributed by atoms with Gasteiger partial charge in [-0.05, 0) is 5.41 Å². The Morgan fingerprint density at radius 1 is 1.00 bits per heavy atom. The zero-order valence-corrected chi connectivity index (χ0v) is 9.52. The van der Waals surface area contributed by atoms with Crippen LogP contribution in [-0.2, 0) is 0 Å². The fourth-order valence-electron chi connectivity index (χ4n) is 0.425. The maximum Gasteiger partial charge on any atom is 0.0218 e. The molecule has 0 aliphatic carbocycles. The second-order valence-corrected chi connectivity index (χ2v) is 5.26. The van der Waals surface area contributed by atoms with E-state index >= 15 is 0 Å². The summed E-state index contributed by atoms with van der Waals surface area (Å²) in [6, 6.07) is 0. The molecule has 0 rings (SSSR count). The van der Waals surface area contributed by atoms with Crippen LogP contribution < -0.4 is 0 Å². The van der Waals surface area contributed by atoms with Crippen LogP contribution in [0, 0.1) is 0 Å². The highest BCUT2D eigenvalue weighted by atomic mass is 33.1. The highest BCUT2D eigenvalue weighted by Gasteiger charge is 1.81. The van der Waals surface area contributed by atoms with Gasteiger partial charge in [-0.1, -0.05) is 39.8 Å². The first-order chi connectivity index (χ1) is 5.91. The Balaban J connectivity index is 3.02. The number of hydrogen-bond donors (Lipinski definition) is 0. The molecule has 0 aromatic heterocycles. The van der Waals surface area contributed by atoms with E-state index in [1.165, 1.54) is 0 Å². The topological polar surface area (TPSA) is 0 Å². The standard InChI is InChI=1S/C9H14S3/c1-3-6-10-8-5-9-12-11-7-4-2/h3-5,9H,1-2,6-8H2. The van der Waals surface area contributed by atoms with Crippen LogP contribution >= 0.6 is 33.3 Å². The van der Waals surface area contributed by atoms with Crippen molar-refractivity contribution in [3.8, 4) is 0 Å². The van der Waals surface area contributed by atoms with Crippen LogP contribution in [0.4, 0.5) is 0 Å². The molecule has 0 unspecified atom stereocenters. The van der Waals surface area contributed by atoms with Crippen molar-refractivity contribution in [2.45, 2.75) is 0 Å². The molecule has 0 bridgehead atoms. The molecule has 0 fully saturated rings. The van der Waals surface area contributed by atoms with Gasteiger partial charge in [-0.3, -0.25) is 0 Å². The molecule has 0 aliphatic rings. The highest BCUT2D eigenvalue weighted by molar-refractivity contribution is 8.77. The van der Waals surface area contributed by atoms with Gasteiger partial charge in [-0.25, -0.2) is 0 Å². The Bertz CT molecular complexity index is 125. The molecule has 0 aliphatic heterocycles. The molecule has 0 N–H and O–H groups in total. The minimum absolute atomic E-state index is 1.01. The predicted molar refractivity (Wildman–Crippen MR) is 66.9 cm³/mol. The molecule has 0 saturated heterocycles. The lowest BCUT2D eigenvalue weighted by Crippen LogP contribution is -1.71. The fourth-order valence-corrected chi connectivity index (χ4v) is 2.51. The Morgan fingerprint density at radius 3 is 2.42 bits per heavy atom. The quantitative estimate of drug-likeness (QED) is 0.343. The summed E-state index contributed by atoms with van der Waals surface area (Å²) in [7, 11) is 3.56. The van der Waals surface area contributed by atoms with Gasteiger partial charge in [0.05, 0.1) is 0 Å². The van der Waals surface area contributed by atoms with Gasteiger partial charge in [0.25, 0.3) is 0 Å². The zero-order chi connectivity index (χ0) is 9.07. The number of hydrogen-bond acceptors (Lipinski definition) is 3. The summed E-state index contributed by atoms with van der Waals surface area (Å²) in [4.78, 5) is 0. The average Bonchev–Trinajstić information content (AvgIpc) is 2.10. The molecule has 0 saturated carbocycles. The third-order valence-corrected chi connectivity index (χ3v) is 3.72. The van der Waals surface area contributed by atoms with Gasteiger partial charge < -0.3 is 0 Å². The Hall–Kier alpha value is 0.270. The highest BCUT2D eigenvalue weighted by Crippen LogP contribution is 2.22. The lowest BCUT2D eigenvalue weighted by molar-refractivity contribution is 1.74. The van der Waals surface area contributed by atoms with Gasteiger partial charge in [0.2, 0.25) is 0 Å². The van der Waals surface area contributed by atoms with Gasteiger partial charge in [-0.2, -0.15) is 11.8 Å². The molecule has 0 amide bonds. The van der Waals surface area contributed by atoms with Crippen LogP contribution in [-0.4, -0.2) is 17.3 Å². The monoisotopic (exact) mass is 218 g/mol. The van der Waals surface area contributed by atoms with Crippen molar-refractivity contribution in [2.24, 2.45) is 0 Å². The molecule has 3 heteroatoms. The predicted octanol–water partition coefficient (Wildman–Crippen LogP) is 3.99. The van der Waals surface area contributed by atoms with Crippen molar-refractivity contribution < 1.29 is 0 Å². The summed E-state index contributed by atoms with van der Waals surface area (Å²) in [5.41, 5.74) is 0. The second-order valence-electron chi connectivity index (χ2n) is 1.87. The van der Waals surface area contributed by atoms with Gasteiger partial charge in [-0.15, -0.1) is 13.2 Å². The normalized spacial score (nSPS) is 10.3. The van der Waals surface area contributed by atoms with Gasteiger partial charge in [0, 0.05) is 17.3 Å². The third kappa shape index (κ3) is 10.3. The molecule has 0 aromatic rings. The Morgan fingerprint density at radius 2 is 1.75 bits per heavy atom. The molecular formula is C9H14S3. The first kappa shape index (κ1) is 12.3. The average molecular weight is 218 g/mol. The molecular weight excluding hydrogens is 204 g/mol. The molecule has 12 heavy (non-hydrogen) atoms. The van der Waals surface area contributed by atoms with Crippen LogP contribution in [0.25, 0.3) is 0 Å². The second kappa shape index (κ2) is 11.3. The van der Waals surface area contributed by atoms with Gasteiger partial charge in [0.15, 0.2) is 0 Å². The molecule has 0 nitrogen and oxygen atoms in total. The van der Waals surface area contributed by atoms with Crippen molar-refractivity contribution in [2.75, 3.05) is 17.3 Å². The van der Waals surface area contributed by atoms with Crippen molar-refractivity contribution in [3.05, 3.63) is 36.8 Å². The molecule has 0 aromatic carbocycles. The summed E-state index contributed by atoms with van der Waals surface area (Å²) >= 11 is 1.87. The van der Waals surface area contributed by atoms with Crippen LogP contribution in [0.2, 0.25) is 0 Å². The summed E-state index contributed by atoms with van der Waals surface area (Å²) < 4.78 is 0. The zero-order valence-electron chi connectivity index (χ0n) is 7.07. The SMILES string of the molecule is C=CCSCC=CSSCC=C. The lowest BCUT2D eigenvalue weighted by Gasteiger charge is -1.90. The van der Waals surface area contributed by atoms with E-state index in [2.05, 4.69) is 24.6 Å². The first-order valence-electron chi connectivity index (χ1n) is 3.64. The molecule has 0 spiro atoms. The Labute approximate surface area is 87.4 Å². The van der Waals surface area contributed by atoms with E-state index in [1.54, 1.807) is 21.6 Å². The van der Waals surface area contributed by atoms with Gasteiger partial charge in [0.1, 0.15) is 0 Å². The van der Waals surface area contributed by atoms with E-state index < -0.39 is 0 Å². The fraction of sp³-hybridized carbons (Fsp3) is 0.333. The van der Waals surface area contributed by atoms with E-state index in [0.717, 1.165) is 17.3 Å². The van der Waals surface area contributed by atoms with E-state index in [-0.39, 0.29) is 0 Å². The smallest absolute Gasteiger partial charge is 0.0218 e. The number of thioether (sulfide) groups is 1. The van der Waals surface area contributed by atoms with E-state index in [1.807, 2.05) is 23.9 Å². The van der Waals surface area contributed by atoms with Crippen molar-refractivity contribution in [1.82, 2.24) is 0 Å². The van der Waals surface area contributed by atoms with Gasteiger partial charge >= 0.3 is 0 Å². The molecule has 0 radical (unpaired) electrons. The molecule has 68 valence electrons. The summed E-state index contributed by atoms with van der Waals surface area (Å²) in [6.45, 7) is 7.30. The first-order valence-corrected chi connectivity index (χ1v) is 7.18. The third-order valence-electron chi connectivity index (χ3n) is 0.855. The van der Waals surface area contributed by atoms with Crippen LogP contribution in [0.3, 0.4) is 0 Å². The number of rotatable bonds is 8. The maximum atomic E-state index is 3.65. The molecule has 0 heterocycles. The van der Waals surface area contributed by atoms with Crippen molar-refractivity contribution in [1.29, 1.82) is 0 Å². The Kier molecular flexibility index (Phi) is 11.5. The van der Waals surface area contributed by atoms with E-state index in [9.17, 15) is 0 Å². The largest absolute Gasteiger partial charge is 0.154 e. The summed E-state index contributed by atoms with van der Waals surface area (Å²) in [5, 5.41) is 2.13. The molecule has 0 atom stereocenters. The van der Waals surface area contributed by atoms with E-state index in [0.29, 0.717) is 0 Å². The van der Waals surface area contributed by atoms with Crippen LogP contribution in [0.1, 0.15) is 0 Å². The minimum atomic E-state index is 1.01. The minimum Gasteiger partial charge on any atom is -0.154 e. The van der Waals surface area contributed by atoms with Crippen LogP contribution in [0.5, 0.6) is 0 Å². The van der Waals surface area contributed by atoms with E-state index in [4.69, 9.17) is 0 Å². The van der Waals surface area contributed by atoms with Crippen molar-refractivity contribution in [3.63, 3.8) is 0 Å². The summed E-state index contributed by atoms with van der Waals surface area (Å²) in [6.07, 6.45) is 6.02.